The molecule has 0 radical (unpaired) electrons. The number of carbonyl (C=O) groups excluding carboxylic acids is 1. The van der Waals surface area contributed by atoms with Crippen LogP contribution in [0.3, 0.4) is 0 Å². The minimum atomic E-state index is -3.72. The van der Waals surface area contributed by atoms with Gasteiger partial charge < -0.3 is 4.74 Å². The summed E-state index contributed by atoms with van der Waals surface area (Å²) in [7, 11) is -2.15. The van der Waals surface area contributed by atoms with Crippen LogP contribution in [0.15, 0.2) is 24.3 Å². The zero-order valence-corrected chi connectivity index (χ0v) is 14.4. The Balaban J connectivity index is 1.98. The summed E-state index contributed by atoms with van der Waals surface area (Å²) in [4.78, 5) is 12.1. The average molecular weight is 340 g/mol. The SMILES string of the molecule is COc1ccccc1[C@H](C)CC(=O)NS(=O)(=O)N1CCCCC1. The Labute approximate surface area is 138 Å². The van der Waals surface area contributed by atoms with E-state index >= 15 is 0 Å². The fourth-order valence-corrected chi connectivity index (χ4v) is 4.06. The molecule has 23 heavy (non-hydrogen) atoms. The molecule has 1 aliphatic heterocycles. The molecule has 1 N–H and O–H groups in total. The molecule has 1 atom stereocenters. The first kappa shape index (κ1) is 17.7. The van der Waals surface area contributed by atoms with Gasteiger partial charge in [-0.1, -0.05) is 31.5 Å². The standard InChI is InChI=1S/C16H24N2O4S/c1-13(14-8-4-5-9-15(14)22-2)12-16(19)17-23(20,21)18-10-6-3-7-11-18/h4-5,8-9,13H,3,6-7,10-12H2,1-2H3,(H,17,19)/t13-/m1/s1. The van der Waals surface area contributed by atoms with Gasteiger partial charge in [0.1, 0.15) is 5.75 Å². The van der Waals surface area contributed by atoms with Gasteiger partial charge in [-0.3, -0.25) is 4.79 Å². The number of para-hydroxylation sites is 1. The first-order valence-electron chi connectivity index (χ1n) is 7.87. The predicted octanol–water partition coefficient (Wildman–Crippen LogP) is 2.04. The van der Waals surface area contributed by atoms with Crippen LogP contribution in [-0.4, -0.2) is 38.8 Å². The van der Waals surface area contributed by atoms with Crippen molar-refractivity contribution in [2.24, 2.45) is 0 Å². The number of benzene rings is 1. The van der Waals surface area contributed by atoms with Crippen LogP contribution in [0.4, 0.5) is 0 Å². The summed E-state index contributed by atoms with van der Waals surface area (Å²) < 4.78 is 33.2. The van der Waals surface area contributed by atoms with Crippen molar-refractivity contribution in [1.82, 2.24) is 9.03 Å². The van der Waals surface area contributed by atoms with Crippen molar-refractivity contribution in [2.45, 2.75) is 38.5 Å². The van der Waals surface area contributed by atoms with Crippen LogP contribution < -0.4 is 9.46 Å². The first-order chi connectivity index (χ1) is 10.9. The van der Waals surface area contributed by atoms with Gasteiger partial charge in [0.25, 0.3) is 0 Å². The molecule has 1 amide bonds. The summed E-state index contributed by atoms with van der Waals surface area (Å²) in [6.07, 6.45) is 2.80. The van der Waals surface area contributed by atoms with Crippen molar-refractivity contribution in [3.8, 4) is 5.75 Å². The summed E-state index contributed by atoms with van der Waals surface area (Å²) in [6.45, 7) is 2.83. The molecular formula is C16H24N2O4S. The molecule has 1 aromatic rings. The minimum absolute atomic E-state index is 0.0907. The molecule has 0 bridgehead atoms. The van der Waals surface area contributed by atoms with Crippen molar-refractivity contribution in [3.63, 3.8) is 0 Å². The van der Waals surface area contributed by atoms with E-state index in [0.717, 1.165) is 24.8 Å². The van der Waals surface area contributed by atoms with E-state index in [9.17, 15) is 13.2 Å². The van der Waals surface area contributed by atoms with E-state index < -0.39 is 16.1 Å². The Morgan fingerprint density at radius 3 is 2.57 bits per heavy atom. The molecular weight excluding hydrogens is 316 g/mol. The number of methoxy groups -OCH3 is 1. The second kappa shape index (κ2) is 7.79. The van der Waals surface area contributed by atoms with Gasteiger partial charge in [0.15, 0.2) is 0 Å². The number of piperidine rings is 1. The second-order valence-electron chi connectivity index (χ2n) is 5.84. The summed E-state index contributed by atoms with van der Waals surface area (Å²) in [6, 6.07) is 7.44. The molecule has 128 valence electrons. The third-order valence-electron chi connectivity index (χ3n) is 4.06. The lowest BCUT2D eigenvalue weighted by molar-refractivity contribution is -0.119. The van der Waals surface area contributed by atoms with E-state index in [4.69, 9.17) is 4.74 Å². The topological polar surface area (TPSA) is 75.7 Å². The Kier molecular flexibility index (Phi) is 6.01. The van der Waals surface area contributed by atoms with E-state index in [1.165, 1.54) is 4.31 Å². The van der Waals surface area contributed by atoms with E-state index in [0.29, 0.717) is 18.8 Å². The fourth-order valence-electron chi connectivity index (χ4n) is 2.82. The highest BCUT2D eigenvalue weighted by molar-refractivity contribution is 7.87. The number of ether oxygens (including phenoxy) is 1. The second-order valence-corrected chi connectivity index (χ2v) is 7.51. The summed E-state index contributed by atoms with van der Waals surface area (Å²) in [5.74, 6) is 0.0726. The molecule has 1 saturated heterocycles. The van der Waals surface area contributed by atoms with Crippen molar-refractivity contribution < 1.29 is 17.9 Å². The van der Waals surface area contributed by atoms with Gasteiger partial charge in [-0.15, -0.1) is 0 Å². The number of nitrogens with zero attached hydrogens (tertiary/aromatic N) is 1. The zero-order chi connectivity index (χ0) is 16.9. The van der Waals surface area contributed by atoms with Crippen molar-refractivity contribution in [3.05, 3.63) is 29.8 Å². The Hall–Kier alpha value is -1.60. The molecule has 7 heteroatoms. The van der Waals surface area contributed by atoms with Gasteiger partial charge in [0.2, 0.25) is 5.91 Å². The highest BCUT2D eigenvalue weighted by Gasteiger charge is 2.26. The quantitative estimate of drug-likeness (QED) is 0.860. The summed E-state index contributed by atoms with van der Waals surface area (Å²) in [5, 5.41) is 0. The molecule has 0 aliphatic carbocycles. The molecule has 2 rings (SSSR count). The van der Waals surface area contributed by atoms with Crippen LogP contribution in [0.2, 0.25) is 0 Å². The molecule has 6 nitrogen and oxygen atoms in total. The molecule has 1 fully saturated rings. The summed E-state index contributed by atoms with van der Waals surface area (Å²) >= 11 is 0. The largest absolute Gasteiger partial charge is 0.496 e. The van der Waals surface area contributed by atoms with Crippen LogP contribution in [0.25, 0.3) is 0 Å². The highest BCUT2D eigenvalue weighted by atomic mass is 32.2. The summed E-state index contributed by atoms with van der Waals surface area (Å²) in [5.41, 5.74) is 0.889. The number of amides is 1. The van der Waals surface area contributed by atoms with Gasteiger partial charge in [0.05, 0.1) is 7.11 Å². The highest BCUT2D eigenvalue weighted by Crippen LogP contribution is 2.28. The van der Waals surface area contributed by atoms with Gasteiger partial charge in [-0.2, -0.15) is 12.7 Å². The number of carbonyl (C=O) groups is 1. The third-order valence-corrected chi connectivity index (χ3v) is 5.59. The van der Waals surface area contributed by atoms with Crippen molar-refractivity contribution in [1.29, 1.82) is 0 Å². The lowest BCUT2D eigenvalue weighted by Gasteiger charge is -2.26. The fraction of sp³-hybridized carbons (Fsp3) is 0.562. The van der Waals surface area contributed by atoms with E-state index in [1.54, 1.807) is 7.11 Å². The number of hydrogen-bond acceptors (Lipinski definition) is 4. The maximum absolute atomic E-state index is 12.2. The molecule has 1 heterocycles. The number of nitrogens with one attached hydrogen (secondary N) is 1. The maximum atomic E-state index is 12.2. The van der Waals surface area contributed by atoms with Gasteiger partial charge >= 0.3 is 10.2 Å². The van der Waals surface area contributed by atoms with Gasteiger partial charge in [-0.25, -0.2) is 4.72 Å². The Bertz CT molecular complexity index is 639. The number of hydrogen-bond donors (Lipinski definition) is 1. The normalized spacial score (nSPS) is 17.5. The molecule has 0 aromatic heterocycles. The molecule has 1 aliphatic rings. The predicted molar refractivity (Wildman–Crippen MR) is 88.5 cm³/mol. The molecule has 0 unspecified atom stereocenters. The lowest BCUT2D eigenvalue weighted by atomic mass is 9.97. The Morgan fingerprint density at radius 2 is 1.91 bits per heavy atom. The van der Waals surface area contributed by atoms with Gasteiger partial charge in [-0.05, 0) is 30.4 Å². The lowest BCUT2D eigenvalue weighted by Crippen LogP contribution is -2.45. The Morgan fingerprint density at radius 1 is 1.26 bits per heavy atom. The van der Waals surface area contributed by atoms with Crippen LogP contribution >= 0.6 is 0 Å². The maximum Gasteiger partial charge on any atom is 0.303 e. The molecule has 1 aromatic carbocycles. The number of rotatable bonds is 6. The third kappa shape index (κ3) is 4.68. The smallest absolute Gasteiger partial charge is 0.303 e. The van der Waals surface area contributed by atoms with E-state index in [2.05, 4.69) is 4.72 Å². The molecule has 0 spiro atoms. The first-order valence-corrected chi connectivity index (χ1v) is 9.31. The molecule has 0 saturated carbocycles. The minimum Gasteiger partial charge on any atom is -0.496 e. The van der Waals surface area contributed by atoms with Crippen molar-refractivity contribution in [2.75, 3.05) is 20.2 Å². The van der Waals surface area contributed by atoms with Crippen LogP contribution in [-0.2, 0) is 15.0 Å². The van der Waals surface area contributed by atoms with Crippen molar-refractivity contribution >= 4 is 16.1 Å². The van der Waals surface area contributed by atoms with E-state index in [-0.39, 0.29) is 12.3 Å². The van der Waals surface area contributed by atoms with Crippen LogP contribution in [0.5, 0.6) is 5.75 Å². The van der Waals surface area contributed by atoms with Crippen LogP contribution in [0.1, 0.15) is 44.1 Å². The zero-order valence-electron chi connectivity index (χ0n) is 13.6. The van der Waals surface area contributed by atoms with E-state index in [1.807, 2.05) is 31.2 Å². The van der Waals surface area contributed by atoms with Gasteiger partial charge in [0, 0.05) is 19.5 Å². The monoisotopic (exact) mass is 340 g/mol. The van der Waals surface area contributed by atoms with Crippen LogP contribution in [0, 0.1) is 0 Å². The average Bonchev–Trinajstić information content (AvgIpc) is 2.55.